The maximum atomic E-state index is 12.9. The van der Waals surface area contributed by atoms with Crippen molar-refractivity contribution >= 4 is 58.1 Å². The summed E-state index contributed by atoms with van der Waals surface area (Å²) < 4.78 is 1.98. The summed E-state index contributed by atoms with van der Waals surface area (Å²) in [5.74, 6) is 0.643. The van der Waals surface area contributed by atoms with Crippen molar-refractivity contribution in [2.24, 2.45) is 0 Å². The highest BCUT2D eigenvalue weighted by molar-refractivity contribution is 7.99. The van der Waals surface area contributed by atoms with Gasteiger partial charge in [-0.1, -0.05) is 59.2 Å². The molecule has 32 heavy (non-hydrogen) atoms. The fourth-order valence-electron chi connectivity index (χ4n) is 3.59. The Morgan fingerprint density at radius 1 is 1.16 bits per heavy atom. The van der Waals surface area contributed by atoms with Crippen LogP contribution < -0.4 is 0 Å². The van der Waals surface area contributed by atoms with Crippen molar-refractivity contribution in [3.8, 4) is 16.4 Å². The van der Waals surface area contributed by atoms with Crippen LogP contribution in [0.2, 0.25) is 0 Å². The minimum absolute atomic E-state index is 0.0115. The highest BCUT2D eigenvalue weighted by Gasteiger charge is 2.32. The second-order valence-electron chi connectivity index (χ2n) is 7.26. The van der Waals surface area contributed by atoms with E-state index in [0.717, 1.165) is 16.4 Å². The molecule has 1 unspecified atom stereocenters. The Morgan fingerprint density at radius 2 is 1.94 bits per heavy atom. The highest BCUT2D eigenvalue weighted by atomic mass is 35.5. The number of piperazine rings is 1. The average Bonchev–Trinajstić information content (AvgIpc) is 3.47. The first kappa shape index (κ1) is 23.1. The average molecular weight is 510 g/mol. The minimum Gasteiger partial charge on any atom is -0.338 e. The Kier molecular flexibility index (Phi) is 7.40. The summed E-state index contributed by atoms with van der Waals surface area (Å²) in [5.41, 5.74) is 0.938. The zero-order chi connectivity index (χ0) is 22.7. The molecule has 1 aromatic carbocycles. The van der Waals surface area contributed by atoms with Gasteiger partial charge in [-0.3, -0.25) is 14.2 Å². The summed E-state index contributed by atoms with van der Waals surface area (Å²) in [5, 5.41) is 11.4. The van der Waals surface area contributed by atoms with E-state index >= 15 is 0 Å². The number of thioether (sulfide) groups is 1. The van der Waals surface area contributed by atoms with E-state index in [1.807, 2.05) is 59.3 Å². The molecule has 1 aliphatic rings. The van der Waals surface area contributed by atoms with Crippen LogP contribution in [0.25, 0.3) is 16.4 Å². The number of para-hydroxylation sites is 1. The van der Waals surface area contributed by atoms with Crippen molar-refractivity contribution in [3.63, 3.8) is 0 Å². The molecular weight excluding hydrogens is 489 g/mol. The van der Waals surface area contributed by atoms with Crippen LogP contribution in [-0.4, -0.2) is 72.6 Å². The van der Waals surface area contributed by atoms with Crippen LogP contribution >= 0.6 is 46.3 Å². The van der Waals surface area contributed by atoms with E-state index in [2.05, 4.69) is 10.2 Å². The second kappa shape index (κ2) is 10.2. The van der Waals surface area contributed by atoms with Gasteiger partial charge in [0.15, 0.2) is 15.8 Å². The van der Waals surface area contributed by atoms with Gasteiger partial charge in [-0.2, -0.15) is 0 Å². The van der Waals surface area contributed by atoms with E-state index in [0.29, 0.717) is 24.8 Å². The fourth-order valence-corrected chi connectivity index (χ4v) is 5.40. The van der Waals surface area contributed by atoms with Crippen LogP contribution in [0.1, 0.15) is 6.92 Å². The van der Waals surface area contributed by atoms with Crippen molar-refractivity contribution in [1.82, 2.24) is 24.6 Å². The maximum Gasteiger partial charge on any atom is 0.256 e. The fraction of sp³-hybridized carbons (Fsp3) is 0.333. The third kappa shape index (κ3) is 4.96. The highest BCUT2D eigenvalue weighted by Crippen LogP contribution is 2.30. The number of halogens is 2. The molecule has 0 aliphatic carbocycles. The molecule has 0 N–H and O–H groups in total. The molecule has 0 radical (unpaired) electrons. The van der Waals surface area contributed by atoms with Gasteiger partial charge in [-0.25, -0.2) is 0 Å². The summed E-state index contributed by atoms with van der Waals surface area (Å²) in [6, 6.07) is 13.7. The molecule has 1 aliphatic heterocycles. The molecule has 2 amide bonds. The molecule has 1 fully saturated rings. The lowest BCUT2D eigenvalue weighted by Crippen LogP contribution is -2.56. The SMILES string of the molecule is CC1CN(C(=O)CSc2nnc(-c3cccs3)n2-c2ccccc2)CCN1C(=O)C(Cl)Cl. The lowest BCUT2D eigenvalue weighted by atomic mass is 10.2. The predicted octanol–water partition coefficient (Wildman–Crippen LogP) is 3.95. The van der Waals surface area contributed by atoms with E-state index in [-0.39, 0.29) is 23.6 Å². The number of hydrogen-bond acceptors (Lipinski definition) is 6. The van der Waals surface area contributed by atoms with Crippen molar-refractivity contribution in [1.29, 1.82) is 0 Å². The van der Waals surface area contributed by atoms with Crippen LogP contribution in [0, 0.1) is 0 Å². The largest absolute Gasteiger partial charge is 0.338 e. The smallest absolute Gasteiger partial charge is 0.256 e. The molecule has 7 nitrogen and oxygen atoms in total. The summed E-state index contributed by atoms with van der Waals surface area (Å²) in [4.78, 5) is 28.3. The van der Waals surface area contributed by atoms with E-state index in [4.69, 9.17) is 23.2 Å². The number of carbonyl (C=O) groups is 2. The van der Waals surface area contributed by atoms with Crippen LogP contribution in [0.3, 0.4) is 0 Å². The number of amides is 2. The molecule has 0 spiro atoms. The predicted molar refractivity (Wildman–Crippen MR) is 129 cm³/mol. The van der Waals surface area contributed by atoms with Crippen molar-refractivity contribution in [2.75, 3.05) is 25.4 Å². The number of carbonyl (C=O) groups excluding carboxylic acids is 2. The van der Waals surface area contributed by atoms with E-state index < -0.39 is 4.84 Å². The number of hydrogen-bond donors (Lipinski definition) is 0. The van der Waals surface area contributed by atoms with E-state index in [1.54, 1.807) is 21.1 Å². The first-order valence-electron chi connectivity index (χ1n) is 9.99. The number of thiophene rings is 1. The number of aromatic nitrogens is 3. The van der Waals surface area contributed by atoms with E-state index in [1.165, 1.54) is 11.8 Å². The van der Waals surface area contributed by atoms with Gasteiger partial charge in [0.25, 0.3) is 5.91 Å². The summed E-state index contributed by atoms with van der Waals surface area (Å²) in [7, 11) is 0. The molecule has 3 aromatic rings. The maximum absolute atomic E-state index is 12.9. The van der Waals surface area contributed by atoms with Gasteiger partial charge in [-0.05, 0) is 30.5 Å². The molecule has 1 atom stereocenters. The van der Waals surface area contributed by atoms with Gasteiger partial charge in [0, 0.05) is 31.4 Å². The van der Waals surface area contributed by atoms with Gasteiger partial charge in [-0.15, -0.1) is 21.5 Å². The van der Waals surface area contributed by atoms with Gasteiger partial charge in [0.1, 0.15) is 0 Å². The van der Waals surface area contributed by atoms with Crippen molar-refractivity contribution in [2.45, 2.75) is 23.0 Å². The number of rotatable bonds is 6. The summed E-state index contributed by atoms with van der Waals surface area (Å²) in [6.45, 7) is 3.19. The molecular formula is C21H21Cl2N5O2S2. The number of nitrogens with zero attached hydrogens (tertiary/aromatic N) is 5. The Hall–Kier alpha value is -2.07. The molecule has 0 bridgehead atoms. The molecule has 4 rings (SSSR count). The normalized spacial score (nSPS) is 16.6. The third-order valence-corrected chi connectivity index (χ3v) is 7.32. The molecule has 0 saturated carbocycles. The Morgan fingerprint density at radius 3 is 2.59 bits per heavy atom. The van der Waals surface area contributed by atoms with Crippen molar-refractivity contribution in [3.05, 3.63) is 47.8 Å². The summed E-state index contributed by atoms with van der Waals surface area (Å²) in [6.07, 6.45) is 0. The monoisotopic (exact) mass is 509 g/mol. The lowest BCUT2D eigenvalue weighted by molar-refractivity contribution is -0.140. The van der Waals surface area contributed by atoms with Crippen LogP contribution in [0.15, 0.2) is 53.0 Å². The zero-order valence-electron chi connectivity index (χ0n) is 17.2. The van der Waals surface area contributed by atoms with Gasteiger partial charge in [0.05, 0.1) is 10.6 Å². The molecule has 1 saturated heterocycles. The van der Waals surface area contributed by atoms with Gasteiger partial charge < -0.3 is 9.80 Å². The zero-order valence-corrected chi connectivity index (χ0v) is 20.4. The van der Waals surface area contributed by atoms with Crippen molar-refractivity contribution < 1.29 is 9.59 Å². The lowest BCUT2D eigenvalue weighted by Gasteiger charge is -2.40. The quantitative estimate of drug-likeness (QED) is 0.371. The molecule has 2 aromatic heterocycles. The van der Waals surface area contributed by atoms with Gasteiger partial charge in [0.2, 0.25) is 5.91 Å². The Balaban J connectivity index is 1.46. The summed E-state index contributed by atoms with van der Waals surface area (Å²) >= 11 is 14.4. The second-order valence-corrected chi connectivity index (χ2v) is 10.3. The molecule has 11 heteroatoms. The molecule has 168 valence electrons. The number of benzene rings is 1. The van der Waals surface area contributed by atoms with Crippen LogP contribution in [0.5, 0.6) is 0 Å². The third-order valence-electron chi connectivity index (χ3n) is 5.16. The van der Waals surface area contributed by atoms with Crippen LogP contribution in [0.4, 0.5) is 0 Å². The topological polar surface area (TPSA) is 71.3 Å². The first-order chi connectivity index (χ1) is 15.5. The van der Waals surface area contributed by atoms with Gasteiger partial charge >= 0.3 is 0 Å². The van der Waals surface area contributed by atoms with E-state index in [9.17, 15) is 9.59 Å². The molecule has 3 heterocycles. The number of alkyl halides is 2. The van der Waals surface area contributed by atoms with Crippen LogP contribution in [-0.2, 0) is 9.59 Å². The first-order valence-corrected chi connectivity index (χ1v) is 12.7. The minimum atomic E-state index is -1.09. The Bertz CT molecular complexity index is 1080. The standard InChI is InChI=1S/C21H21Cl2N5O2S2/c1-14-12-26(9-10-27(14)20(30)18(22)23)17(29)13-32-21-25-24-19(16-8-5-11-31-16)28(21)15-6-3-2-4-7-15/h2-8,11,14,18H,9-10,12-13H2,1H3. The Labute approximate surface area is 204 Å².